The summed E-state index contributed by atoms with van der Waals surface area (Å²) in [6.07, 6.45) is 0.290. The van der Waals surface area contributed by atoms with Gasteiger partial charge in [0.15, 0.2) is 12.4 Å². The SMILES string of the molecule is CC(=O)C(Cc1ccccc1)NC(=O)COC(=O)CCNC(=O)c1ccc(C(C)(C)C)cc1. The van der Waals surface area contributed by atoms with Gasteiger partial charge >= 0.3 is 5.97 Å². The van der Waals surface area contributed by atoms with Crippen molar-refractivity contribution >= 4 is 23.6 Å². The third kappa shape index (κ3) is 8.88. The molecule has 1 atom stereocenters. The molecule has 0 radical (unpaired) electrons. The quantitative estimate of drug-likeness (QED) is 0.540. The van der Waals surface area contributed by atoms with Crippen LogP contribution in [0.15, 0.2) is 54.6 Å². The molecule has 0 heterocycles. The molecule has 0 aliphatic carbocycles. The van der Waals surface area contributed by atoms with Gasteiger partial charge in [0.25, 0.3) is 11.8 Å². The summed E-state index contributed by atoms with van der Waals surface area (Å²) in [5.74, 6) is -1.64. The molecule has 0 saturated carbocycles. The zero-order chi connectivity index (χ0) is 24.4. The molecule has 0 saturated heterocycles. The van der Waals surface area contributed by atoms with Crippen molar-refractivity contribution in [2.24, 2.45) is 0 Å². The summed E-state index contributed by atoms with van der Waals surface area (Å²) < 4.78 is 4.96. The first-order chi connectivity index (χ1) is 15.6. The van der Waals surface area contributed by atoms with E-state index >= 15 is 0 Å². The number of ether oxygens (including phenoxy) is 1. The van der Waals surface area contributed by atoms with Crippen molar-refractivity contribution in [3.8, 4) is 0 Å². The molecule has 33 heavy (non-hydrogen) atoms. The summed E-state index contributed by atoms with van der Waals surface area (Å²) in [5, 5.41) is 5.26. The van der Waals surface area contributed by atoms with Crippen molar-refractivity contribution in [2.75, 3.05) is 13.2 Å². The number of hydrogen-bond donors (Lipinski definition) is 2. The number of rotatable bonds is 10. The lowest BCUT2D eigenvalue weighted by atomic mass is 9.87. The van der Waals surface area contributed by atoms with E-state index in [0.717, 1.165) is 11.1 Å². The second kappa shape index (κ2) is 11.9. The molecule has 0 aliphatic rings. The number of carbonyl (C=O) groups is 4. The van der Waals surface area contributed by atoms with Crippen LogP contribution in [-0.4, -0.2) is 42.8 Å². The van der Waals surface area contributed by atoms with E-state index in [-0.39, 0.29) is 30.1 Å². The van der Waals surface area contributed by atoms with Gasteiger partial charge in [0.2, 0.25) is 0 Å². The van der Waals surface area contributed by atoms with Gasteiger partial charge in [0.05, 0.1) is 12.5 Å². The Bertz CT molecular complexity index is 962. The van der Waals surface area contributed by atoms with Crippen LogP contribution in [-0.2, 0) is 31.0 Å². The molecule has 7 heteroatoms. The monoisotopic (exact) mass is 452 g/mol. The third-order valence-corrected chi connectivity index (χ3v) is 5.10. The normalized spacial score (nSPS) is 11.9. The zero-order valence-corrected chi connectivity index (χ0v) is 19.6. The standard InChI is InChI=1S/C26H32N2O5/c1-18(29)22(16-19-8-6-5-7-9-19)28-23(30)17-33-24(31)14-15-27-25(32)20-10-12-21(13-11-20)26(2,3)4/h5-13,22H,14-17H2,1-4H3,(H,27,32)(H,28,30). The molecular formula is C26H32N2O5. The van der Waals surface area contributed by atoms with Crippen molar-refractivity contribution < 1.29 is 23.9 Å². The minimum Gasteiger partial charge on any atom is -0.456 e. The van der Waals surface area contributed by atoms with Gasteiger partial charge < -0.3 is 15.4 Å². The van der Waals surface area contributed by atoms with Crippen molar-refractivity contribution in [1.29, 1.82) is 0 Å². The fourth-order valence-corrected chi connectivity index (χ4v) is 3.10. The largest absolute Gasteiger partial charge is 0.456 e. The topological polar surface area (TPSA) is 102 Å². The molecule has 0 fully saturated rings. The highest BCUT2D eigenvalue weighted by Gasteiger charge is 2.19. The Balaban J connectivity index is 1.72. The third-order valence-electron chi connectivity index (χ3n) is 5.10. The van der Waals surface area contributed by atoms with Crippen molar-refractivity contribution in [3.05, 3.63) is 71.3 Å². The summed E-state index contributed by atoms with van der Waals surface area (Å²) in [7, 11) is 0. The lowest BCUT2D eigenvalue weighted by Gasteiger charge is -2.19. The van der Waals surface area contributed by atoms with Gasteiger partial charge in [0.1, 0.15) is 0 Å². The van der Waals surface area contributed by atoms with Gasteiger partial charge in [-0.05, 0) is 42.0 Å². The van der Waals surface area contributed by atoms with Gasteiger partial charge in [-0.3, -0.25) is 19.2 Å². The Hall–Kier alpha value is -3.48. The zero-order valence-electron chi connectivity index (χ0n) is 19.6. The molecule has 2 aromatic rings. The van der Waals surface area contributed by atoms with E-state index in [4.69, 9.17) is 4.74 Å². The van der Waals surface area contributed by atoms with Crippen LogP contribution in [0.4, 0.5) is 0 Å². The van der Waals surface area contributed by atoms with E-state index in [0.29, 0.717) is 12.0 Å². The predicted octanol–water partition coefficient (Wildman–Crippen LogP) is 2.96. The second-order valence-corrected chi connectivity index (χ2v) is 8.91. The lowest BCUT2D eigenvalue weighted by Crippen LogP contribution is -2.43. The molecule has 176 valence electrons. The van der Waals surface area contributed by atoms with Crippen LogP contribution in [0, 0.1) is 0 Å². The number of ketones is 1. The molecule has 0 aliphatic heterocycles. The molecule has 2 amide bonds. The molecule has 7 nitrogen and oxygen atoms in total. The molecule has 2 aromatic carbocycles. The highest BCUT2D eigenvalue weighted by atomic mass is 16.5. The first kappa shape index (κ1) is 25.8. The van der Waals surface area contributed by atoms with E-state index in [9.17, 15) is 19.2 Å². The van der Waals surface area contributed by atoms with Crippen molar-refractivity contribution in [2.45, 2.75) is 52.0 Å². The summed E-state index contributed by atoms with van der Waals surface area (Å²) in [6, 6.07) is 16.0. The maximum atomic E-state index is 12.2. The number of hydrogen-bond acceptors (Lipinski definition) is 5. The summed E-state index contributed by atoms with van der Waals surface area (Å²) in [6.45, 7) is 7.29. The summed E-state index contributed by atoms with van der Waals surface area (Å²) >= 11 is 0. The van der Waals surface area contributed by atoms with Gasteiger partial charge in [-0.15, -0.1) is 0 Å². The van der Waals surface area contributed by atoms with E-state index < -0.39 is 24.5 Å². The van der Waals surface area contributed by atoms with Crippen LogP contribution in [0.5, 0.6) is 0 Å². The van der Waals surface area contributed by atoms with Gasteiger partial charge in [-0.1, -0.05) is 63.2 Å². The minimum absolute atomic E-state index is 0.00294. The number of Topliss-reactive ketones (excluding diaryl/α,β-unsaturated/α-hetero) is 1. The number of esters is 1. The smallest absolute Gasteiger partial charge is 0.308 e. The fraction of sp³-hybridized carbons (Fsp3) is 0.385. The van der Waals surface area contributed by atoms with Crippen LogP contribution >= 0.6 is 0 Å². The summed E-state index contributed by atoms with van der Waals surface area (Å²) in [5.41, 5.74) is 2.54. The second-order valence-electron chi connectivity index (χ2n) is 8.91. The Morgan fingerprint density at radius 1 is 0.939 bits per heavy atom. The number of amides is 2. The maximum Gasteiger partial charge on any atom is 0.308 e. The number of benzene rings is 2. The Morgan fingerprint density at radius 3 is 2.15 bits per heavy atom. The van der Waals surface area contributed by atoms with E-state index in [1.165, 1.54) is 6.92 Å². The molecule has 0 spiro atoms. The van der Waals surface area contributed by atoms with Crippen LogP contribution in [0.3, 0.4) is 0 Å². The van der Waals surface area contributed by atoms with Gasteiger partial charge in [0, 0.05) is 12.1 Å². The molecular weight excluding hydrogens is 420 g/mol. The Morgan fingerprint density at radius 2 is 1.58 bits per heavy atom. The van der Waals surface area contributed by atoms with E-state index in [2.05, 4.69) is 31.4 Å². The average molecular weight is 453 g/mol. The molecule has 1 unspecified atom stereocenters. The van der Waals surface area contributed by atoms with Crippen LogP contribution in [0.2, 0.25) is 0 Å². The number of carbonyl (C=O) groups excluding carboxylic acids is 4. The predicted molar refractivity (Wildman–Crippen MR) is 126 cm³/mol. The minimum atomic E-state index is -0.692. The molecule has 0 aromatic heterocycles. The average Bonchev–Trinajstić information content (AvgIpc) is 2.77. The Labute approximate surface area is 194 Å². The highest BCUT2D eigenvalue weighted by Crippen LogP contribution is 2.22. The van der Waals surface area contributed by atoms with Gasteiger partial charge in [-0.25, -0.2) is 0 Å². The Kier molecular flexibility index (Phi) is 9.33. The number of nitrogens with one attached hydrogen (secondary N) is 2. The highest BCUT2D eigenvalue weighted by molar-refractivity contribution is 5.94. The van der Waals surface area contributed by atoms with Crippen molar-refractivity contribution in [3.63, 3.8) is 0 Å². The van der Waals surface area contributed by atoms with Crippen molar-refractivity contribution in [1.82, 2.24) is 10.6 Å². The van der Waals surface area contributed by atoms with Crippen LogP contribution in [0.25, 0.3) is 0 Å². The van der Waals surface area contributed by atoms with Gasteiger partial charge in [-0.2, -0.15) is 0 Å². The first-order valence-electron chi connectivity index (χ1n) is 10.9. The van der Waals surface area contributed by atoms with E-state index in [1.807, 2.05) is 42.5 Å². The lowest BCUT2D eigenvalue weighted by molar-refractivity contribution is -0.148. The van der Waals surface area contributed by atoms with Crippen LogP contribution in [0.1, 0.15) is 55.6 Å². The van der Waals surface area contributed by atoms with Crippen LogP contribution < -0.4 is 10.6 Å². The molecule has 0 bridgehead atoms. The van der Waals surface area contributed by atoms with E-state index in [1.54, 1.807) is 12.1 Å². The molecule has 2 N–H and O–H groups in total. The first-order valence-corrected chi connectivity index (χ1v) is 10.9. The maximum absolute atomic E-state index is 12.2. The molecule has 2 rings (SSSR count). The fourth-order valence-electron chi connectivity index (χ4n) is 3.10. The summed E-state index contributed by atoms with van der Waals surface area (Å²) in [4.78, 5) is 48.1.